The van der Waals surface area contributed by atoms with Gasteiger partial charge in [-0.05, 0) is 60.6 Å². The fourth-order valence-corrected chi connectivity index (χ4v) is 4.29. The molecule has 35 heavy (non-hydrogen) atoms. The highest BCUT2D eigenvalue weighted by Crippen LogP contribution is 2.22. The molecule has 0 saturated carbocycles. The lowest BCUT2D eigenvalue weighted by Gasteiger charge is -2.32. The van der Waals surface area contributed by atoms with Crippen molar-refractivity contribution in [3.8, 4) is 6.07 Å². The topological polar surface area (TPSA) is 99.5 Å². The van der Waals surface area contributed by atoms with E-state index in [1.54, 1.807) is 35.2 Å². The van der Waals surface area contributed by atoms with Gasteiger partial charge in [-0.15, -0.1) is 0 Å². The molecule has 1 N–H and O–H groups in total. The van der Waals surface area contributed by atoms with Gasteiger partial charge in [0.1, 0.15) is 11.9 Å². The number of ether oxygens (including phenoxy) is 1. The molecule has 3 rings (SSSR count). The number of hydrogen-bond acceptors (Lipinski definition) is 5. The maximum atomic E-state index is 13.3. The SMILES string of the molecule is COC(=O)C(Cc1ccc(C#N)cc1)NC(=O)CC1CCN(C(=O)CCc2cccc(F)c2)CC1. The molecule has 0 spiro atoms. The van der Waals surface area contributed by atoms with Crippen molar-refractivity contribution in [3.05, 3.63) is 71.0 Å². The largest absolute Gasteiger partial charge is 0.467 e. The van der Waals surface area contributed by atoms with Gasteiger partial charge < -0.3 is 15.0 Å². The van der Waals surface area contributed by atoms with Gasteiger partial charge in [0.25, 0.3) is 0 Å². The van der Waals surface area contributed by atoms with Crippen LogP contribution in [0.25, 0.3) is 0 Å². The molecule has 184 valence electrons. The summed E-state index contributed by atoms with van der Waals surface area (Å²) in [5.74, 6) is -0.910. The van der Waals surface area contributed by atoms with Gasteiger partial charge in [0, 0.05) is 32.4 Å². The van der Waals surface area contributed by atoms with Crippen LogP contribution in [0.5, 0.6) is 0 Å². The number of likely N-dealkylation sites (tertiary alicyclic amines) is 1. The van der Waals surface area contributed by atoms with Crippen LogP contribution in [0.2, 0.25) is 0 Å². The molecule has 2 aromatic carbocycles. The Morgan fingerprint density at radius 1 is 1.14 bits per heavy atom. The lowest BCUT2D eigenvalue weighted by atomic mass is 9.92. The summed E-state index contributed by atoms with van der Waals surface area (Å²) in [5.41, 5.74) is 2.13. The Labute approximate surface area is 204 Å². The minimum atomic E-state index is -0.815. The van der Waals surface area contributed by atoms with Gasteiger partial charge in [0.05, 0.1) is 18.7 Å². The second-order valence-corrected chi connectivity index (χ2v) is 8.81. The number of amides is 2. The number of rotatable bonds is 9. The van der Waals surface area contributed by atoms with Gasteiger partial charge in [0.2, 0.25) is 11.8 Å². The average molecular weight is 480 g/mol. The van der Waals surface area contributed by atoms with Crippen LogP contribution < -0.4 is 5.32 Å². The third-order valence-corrected chi connectivity index (χ3v) is 6.30. The predicted octanol–water partition coefficient (Wildman–Crippen LogP) is 3.16. The second-order valence-electron chi connectivity index (χ2n) is 8.81. The molecule has 1 aliphatic rings. The lowest BCUT2D eigenvalue weighted by molar-refractivity contribution is -0.145. The molecule has 0 aromatic heterocycles. The Hall–Kier alpha value is -3.73. The molecular weight excluding hydrogens is 449 g/mol. The van der Waals surface area contributed by atoms with E-state index in [4.69, 9.17) is 10.00 Å². The van der Waals surface area contributed by atoms with E-state index in [9.17, 15) is 18.8 Å². The Bertz CT molecular complexity index is 1070. The molecule has 0 aliphatic carbocycles. The van der Waals surface area contributed by atoms with E-state index in [-0.39, 0.29) is 36.4 Å². The Balaban J connectivity index is 1.44. The number of piperidine rings is 1. The fraction of sp³-hybridized carbons (Fsp3) is 0.407. The summed E-state index contributed by atoms with van der Waals surface area (Å²) in [6, 6.07) is 14.3. The second kappa shape index (κ2) is 12.7. The average Bonchev–Trinajstić information content (AvgIpc) is 2.87. The van der Waals surface area contributed by atoms with Crippen LogP contribution in [0.1, 0.15) is 42.4 Å². The Morgan fingerprint density at radius 2 is 1.86 bits per heavy atom. The zero-order chi connectivity index (χ0) is 25.2. The molecule has 1 heterocycles. The maximum Gasteiger partial charge on any atom is 0.328 e. The molecule has 2 amide bonds. The number of halogens is 1. The van der Waals surface area contributed by atoms with Crippen LogP contribution in [0, 0.1) is 23.1 Å². The highest BCUT2D eigenvalue weighted by Gasteiger charge is 2.27. The number of methoxy groups -OCH3 is 1. The standard InChI is InChI=1S/C27H30FN3O4/c1-35-27(34)24(16-20-5-7-22(18-29)8-6-20)30-25(32)17-21-11-13-31(14-12-21)26(33)10-9-19-3-2-4-23(28)15-19/h2-8,15,21,24H,9-14,16-17H2,1H3,(H,30,32). The van der Waals surface area contributed by atoms with E-state index >= 15 is 0 Å². The summed E-state index contributed by atoms with van der Waals surface area (Å²) in [6.07, 6.45) is 2.77. The number of nitriles is 1. The molecule has 1 unspecified atom stereocenters. The number of hydrogen-bond donors (Lipinski definition) is 1. The zero-order valence-corrected chi connectivity index (χ0v) is 19.8. The molecule has 7 nitrogen and oxygen atoms in total. The van der Waals surface area contributed by atoms with Crippen LogP contribution in [0.3, 0.4) is 0 Å². The highest BCUT2D eigenvalue weighted by atomic mass is 19.1. The van der Waals surface area contributed by atoms with E-state index < -0.39 is 12.0 Å². The first-order chi connectivity index (χ1) is 16.9. The van der Waals surface area contributed by atoms with Crippen LogP contribution in [0.4, 0.5) is 4.39 Å². The number of benzene rings is 2. The minimum Gasteiger partial charge on any atom is -0.467 e. The Morgan fingerprint density at radius 3 is 2.49 bits per heavy atom. The summed E-state index contributed by atoms with van der Waals surface area (Å²) in [6.45, 7) is 1.15. The van der Waals surface area contributed by atoms with Crippen LogP contribution in [-0.2, 0) is 32.0 Å². The maximum absolute atomic E-state index is 13.3. The number of aryl methyl sites for hydroxylation is 1. The smallest absolute Gasteiger partial charge is 0.328 e. The zero-order valence-electron chi connectivity index (χ0n) is 19.8. The van der Waals surface area contributed by atoms with Crippen molar-refractivity contribution < 1.29 is 23.5 Å². The van der Waals surface area contributed by atoms with Gasteiger partial charge >= 0.3 is 5.97 Å². The van der Waals surface area contributed by atoms with E-state index in [1.165, 1.54) is 19.2 Å². The monoisotopic (exact) mass is 479 g/mol. The third kappa shape index (κ3) is 7.92. The van der Waals surface area contributed by atoms with Gasteiger partial charge in [-0.25, -0.2) is 9.18 Å². The minimum absolute atomic E-state index is 0.0327. The summed E-state index contributed by atoms with van der Waals surface area (Å²) in [4.78, 5) is 39.2. The number of carbonyl (C=O) groups is 3. The molecule has 0 radical (unpaired) electrons. The van der Waals surface area contributed by atoms with Gasteiger partial charge in [0.15, 0.2) is 0 Å². The summed E-state index contributed by atoms with van der Waals surface area (Å²) < 4.78 is 18.2. The van der Waals surface area contributed by atoms with Gasteiger partial charge in [-0.3, -0.25) is 9.59 Å². The van der Waals surface area contributed by atoms with Crippen LogP contribution in [0.15, 0.2) is 48.5 Å². The lowest BCUT2D eigenvalue weighted by Crippen LogP contribution is -2.44. The summed E-state index contributed by atoms with van der Waals surface area (Å²) in [7, 11) is 1.28. The van der Waals surface area contributed by atoms with Crippen molar-refractivity contribution in [2.24, 2.45) is 5.92 Å². The first-order valence-corrected chi connectivity index (χ1v) is 11.8. The number of esters is 1. The van der Waals surface area contributed by atoms with Gasteiger partial charge in [-0.2, -0.15) is 5.26 Å². The fourth-order valence-electron chi connectivity index (χ4n) is 4.29. The molecule has 2 aromatic rings. The Kier molecular flexibility index (Phi) is 9.36. The van der Waals surface area contributed by atoms with Crippen molar-refractivity contribution in [1.82, 2.24) is 10.2 Å². The number of nitrogens with zero attached hydrogens (tertiary/aromatic N) is 2. The van der Waals surface area contributed by atoms with E-state index in [2.05, 4.69) is 5.32 Å². The number of carbonyl (C=O) groups excluding carboxylic acids is 3. The van der Waals surface area contributed by atoms with Crippen molar-refractivity contribution in [2.45, 2.75) is 44.6 Å². The predicted molar refractivity (Wildman–Crippen MR) is 127 cm³/mol. The van der Waals surface area contributed by atoms with Crippen LogP contribution >= 0.6 is 0 Å². The van der Waals surface area contributed by atoms with Crippen molar-refractivity contribution in [3.63, 3.8) is 0 Å². The molecule has 1 fully saturated rings. The molecular formula is C27H30FN3O4. The van der Waals surface area contributed by atoms with Crippen molar-refractivity contribution >= 4 is 17.8 Å². The molecule has 1 saturated heterocycles. The normalized spacial score (nSPS) is 14.6. The summed E-state index contributed by atoms with van der Waals surface area (Å²) >= 11 is 0. The van der Waals surface area contributed by atoms with E-state index in [0.29, 0.717) is 44.3 Å². The first kappa shape index (κ1) is 25.9. The van der Waals surface area contributed by atoms with Crippen molar-refractivity contribution in [1.29, 1.82) is 5.26 Å². The van der Waals surface area contributed by atoms with Crippen LogP contribution in [-0.4, -0.2) is 48.9 Å². The quantitative estimate of drug-likeness (QED) is 0.557. The summed E-state index contributed by atoms with van der Waals surface area (Å²) in [5, 5.41) is 11.7. The number of nitrogens with one attached hydrogen (secondary N) is 1. The highest BCUT2D eigenvalue weighted by molar-refractivity contribution is 5.84. The molecule has 0 bridgehead atoms. The van der Waals surface area contributed by atoms with Gasteiger partial charge in [-0.1, -0.05) is 24.3 Å². The molecule has 8 heteroatoms. The van der Waals surface area contributed by atoms with E-state index in [1.807, 2.05) is 12.1 Å². The third-order valence-electron chi connectivity index (χ3n) is 6.30. The van der Waals surface area contributed by atoms with E-state index in [0.717, 1.165) is 11.1 Å². The molecule has 1 atom stereocenters. The first-order valence-electron chi connectivity index (χ1n) is 11.8. The van der Waals surface area contributed by atoms with Crippen molar-refractivity contribution in [2.75, 3.05) is 20.2 Å². The molecule has 1 aliphatic heterocycles.